The average molecular weight is 257 g/mol. The Morgan fingerprint density at radius 1 is 1.16 bits per heavy atom. The van der Waals surface area contributed by atoms with Gasteiger partial charge in [-0.2, -0.15) is 9.97 Å². The second-order valence-electron chi connectivity index (χ2n) is 4.28. The van der Waals surface area contributed by atoms with Crippen LogP contribution in [0.2, 0.25) is 0 Å². The summed E-state index contributed by atoms with van der Waals surface area (Å²) in [5.74, 6) is 1.64. The fourth-order valence-electron chi connectivity index (χ4n) is 1.93. The topological polar surface area (TPSA) is 75.9 Å². The van der Waals surface area contributed by atoms with Gasteiger partial charge in [0.15, 0.2) is 0 Å². The Morgan fingerprint density at radius 3 is 2.63 bits per heavy atom. The molecule has 2 aromatic rings. The van der Waals surface area contributed by atoms with Crippen molar-refractivity contribution in [3.8, 4) is 0 Å². The highest BCUT2D eigenvalue weighted by Crippen LogP contribution is 2.22. The maximum atomic E-state index is 5.68. The van der Waals surface area contributed by atoms with E-state index in [9.17, 15) is 0 Å². The van der Waals surface area contributed by atoms with Crippen molar-refractivity contribution in [1.82, 2.24) is 9.97 Å². The van der Waals surface area contributed by atoms with Gasteiger partial charge in [-0.05, 0) is 18.1 Å². The summed E-state index contributed by atoms with van der Waals surface area (Å²) in [6.07, 6.45) is 2.13. The van der Waals surface area contributed by atoms with E-state index in [2.05, 4.69) is 33.6 Å². The summed E-state index contributed by atoms with van der Waals surface area (Å²) in [4.78, 5) is 8.26. The van der Waals surface area contributed by atoms with Gasteiger partial charge in [-0.3, -0.25) is 0 Å². The van der Waals surface area contributed by atoms with E-state index in [1.807, 2.05) is 24.3 Å². The number of nitrogen functional groups attached to an aromatic ring is 1. The van der Waals surface area contributed by atoms with Gasteiger partial charge in [-0.15, -0.1) is 0 Å². The van der Waals surface area contributed by atoms with Gasteiger partial charge >= 0.3 is 0 Å². The van der Waals surface area contributed by atoms with Crippen molar-refractivity contribution in [2.75, 3.05) is 23.4 Å². The monoisotopic (exact) mass is 257 g/mol. The van der Waals surface area contributed by atoms with Gasteiger partial charge in [-0.25, -0.2) is 0 Å². The number of anilines is 4. The van der Waals surface area contributed by atoms with Crippen LogP contribution in [0.25, 0.3) is 0 Å². The summed E-state index contributed by atoms with van der Waals surface area (Å²) in [6.45, 7) is 2.17. The summed E-state index contributed by atoms with van der Waals surface area (Å²) in [5, 5.41) is 6.26. The van der Waals surface area contributed by atoms with Crippen LogP contribution in [-0.4, -0.2) is 17.0 Å². The van der Waals surface area contributed by atoms with Crippen molar-refractivity contribution in [2.24, 2.45) is 0 Å². The fraction of sp³-hybridized carbons (Fsp3) is 0.286. The zero-order valence-electron chi connectivity index (χ0n) is 11.3. The number of para-hydroxylation sites is 1. The third-order valence-electron chi connectivity index (χ3n) is 2.80. The number of aryl methyl sites for hydroxylation is 1. The number of nitrogens with zero attached hydrogens (tertiary/aromatic N) is 2. The minimum absolute atomic E-state index is 0.252. The molecule has 1 aromatic heterocycles. The second kappa shape index (κ2) is 6.04. The lowest BCUT2D eigenvalue weighted by Gasteiger charge is -2.12. The first-order valence-electron chi connectivity index (χ1n) is 6.40. The lowest BCUT2D eigenvalue weighted by molar-refractivity contribution is 0.923. The van der Waals surface area contributed by atoms with E-state index in [1.54, 1.807) is 7.05 Å². The first kappa shape index (κ1) is 13.1. The molecule has 100 valence electrons. The van der Waals surface area contributed by atoms with Crippen molar-refractivity contribution in [1.29, 1.82) is 0 Å². The Balaban J connectivity index is 2.28. The molecule has 0 aliphatic rings. The molecule has 0 radical (unpaired) electrons. The van der Waals surface area contributed by atoms with Gasteiger partial charge < -0.3 is 16.4 Å². The van der Waals surface area contributed by atoms with E-state index in [4.69, 9.17) is 5.73 Å². The van der Waals surface area contributed by atoms with E-state index >= 15 is 0 Å². The summed E-state index contributed by atoms with van der Waals surface area (Å²) < 4.78 is 0. The first-order valence-corrected chi connectivity index (χ1v) is 6.40. The van der Waals surface area contributed by atoms with E-state index in [0.717, 1.165) is 18.5 Å². The van der Waals surface area contributed by atoms with Crippen molar-refractivity contribution in [2.45, 2.75) is 19.8 Å². The summed E-state index contributed by atoms with van der Waals surface area (Å²) >= 11 is 0. The van der Waals surface area contributed by atoms with Crippen LogP contribution < -0.4 is 16.4 Å². The normalized spacial score (nSPS) is 10.2. The molecule has 0 saturated heterocycles. The molecule has 0 aliphatic carbocycles. The highest BCUT2D eigenvalue weighted by Gasteiger charge is 2.04. The molecule has 1 aromatic carbocycles. The third kappa shape index (κ3) is 3.34. The molecule has 0 aliphatic heterocycles. The zero-order chi connectivity index (χ0) is 13.7. The van der Waals surface area contributed by atoms with E-state index in [0.29, 0.717) is 11.6 Å². The smallest absolute Gasteiger partial charge is 0.223 e. The van der Waals surface area contributed by atoms with Crippen LogP contribution in [0, 0.1) is 0 Å². The summed E-state index contributed by atoms with van der Waals surface area (Å²) in [5.41, 5.74) is 8.01. The molecule has 5 heteroatoms. The molecule has 1 heterocycles. The minimum Gasteiger partial charge on any atom is -0.373 e. The van der Waals surface area contributed by atoms with Crippen LogP contribution in [0.15, 0.2) is 30.3 Å². The molecule has 0 atom stereocenters. The molecule has 5 nitrogen and oxygen atoms in total. The van der Waals surface area contributed by atoms with Gasteiger partial charge in [0, 0.05) is 18.8 Å². The van der Waals surface area contributed by atoms with Crippen molar-refractivity contribution < 1.29 is 0 Å². The first-order chi connectivity index (χ1) is 9.22. The molecule has 0 unspecified atom stereocenters. The highest BCUT2D eigenvalue weighted by atomic mass is 15.1. The highest BCUT2D eigenvalue weighted by molar-refractivity contribution is 5.63. The molecule has 0 saturated carbocycles. The maximum absolute atomic E-state index is 5.68. The van der Waals surface area contributed by atoms with Gasteiger partial charge in [0.2, 0.25) is 5.95 Å². The van der Waals surface area contributed by atoms with Gasteiger partial charge in [0.1, 0.15) is 11.6 Å². The van der Waals surface area contributed by atoms with Crippen LogP contribution in [0.4, 0.5) is 23.3 Å². The minimum atomic E-state index is 0.252. The molecule has 19 heavy (non-hydrogen) atoms. The Labute approximate surface area is 113 Å². The largest absolute Gasteiger partial charge is 0.373 e. The van der Waals surface area contributed by atoms with Gasteiger partial charge in [0.25, 0.3) is 0 Å². The van der Waals surface area contributed by atoms with Crippen LogP contribution >= 0.6 is 0 Å². The van der Waals surface area contributed by atoms with E-state index < -0.39 is 0 Å². The number of aromatic nitrogens is 2. The van der Waals surface area contributed by atoms with Gasteiger partial charge in [-0.1, -0.05) is 31.5 Å². The predicted octanol–water partition coefficient (Wildman–Crippen LogP) is 2.80. The summed E-state index contributed by atoms with van der Waals surface area (Å²) in [6, 6.07) is 10.0. The standard InChI is InChI=1S/C14H19N5/c1-3-6-10-7-4-5-8-11(10)17-13-9-12(16-2)18-14(15)19-13/h4-5,7-9H,3,6H2,1-2H3,(H4,15,16,17,18,19). The number of benzene rings is 1. The van der Waals surface area contributed by atoms with Crippen LogP contribution in [0.1, 0.15) is 18.9 Å². The Kier molecular flexibility index (Phi) is 4.18. The molecule has 0 bridgehead atoms. The van der Waals surface area contributed by atoms with Crippen LogP contribution in [-0.2, 0) is 6.42 Å². The number of nitrogens with two attached hydrogens (primary N) is 1. The van der Waals surface area contributed by atoms with E-state index in [-0.39, 0.29) is 5.95 Å². The SMILES string of the molecule is CCCc1ccccc1Nc1cc(NC)nc(N)n1. The Hall–Kier alpha value is -2.30. The molecular weight excluding hydrogens is 238 g/mol. The Bertz CT molecular complexity index is 553. The molecule has 2 rings (SSSR count). The summed E-state index contributed by atoms with van der Waals surface area (Å²) in [7, 11) is 1.80. The molecule has 4 N–H and O–H groups in total. The Morgan fingerprint density at radius 2 is 1.89 bits per heavy atom. The number of hydrogen-bond acceptors (Lipinski definition) is 5. The lowest BCUT2D eigenvalue weighted by atomic mass is 10.1. The maximum Gasteiger partial charge on any atom is 0.223 e. The number of nitrogens with one attached hydrogen (secondary N) is 2. The van der Waals surface area contributed by atoms with Crippen molar-refractivity contribution in [3.05, 3.63) is 35.9 Å². The molecule has 0 spiro atoms. The zero-order valence-corrected chi connectivity index (χ0v) is 11.3. The van der Waals surface area contributed by atoms with Crippen LogP contribution in [0.5, 0.6) is 0 Å². The second-order valence-corrected chi connectivity index (χ2v) is 4.28. The quantitative estimate of drug-likeness (QED) is 0.768. The molecule has 0 fully saturated rings. The van der Waals surface area contributed by atoms with Crippen LogP contribution in [0.3, 0.4) is 0 Å². The van der Waals surface area contributed by atoms with Crippen molar-refractivity contribution >= 4 is 23.3 Å². The lowest BCUT2D eigenvalue weighted by Crippen LogP contribution is -2.04. The fourth-order valence-corrected chi connectivity index (χ4v) is 1.93. The number of rotatable bonds is 5. The predicted molar refractivity (Wildman–Crippen MR) is 79.7 cm³/mol. The number of hydrogen-bond donors (Lipinski definition) is 3. The third-order valence-corrected chi connectivity index (χ3v) is 2.80. The van der Waals surface area contributed by atoms with E-state index in [1.165, 1.54) is 5.56 Å². The van der Waals surface area contributed by atoms with Crippen molar-refractivity contribution in [3.63, 3.8) is 0 Å². The van der Waals surface area contributed by atoms with Gasteiger partial charge in [0.05, 0.1) is 0 Å². The average Bonchev–Trinajstić information content (AvgIpc) is 2.40. The molecular formula is C14H19N5. The molecule has 0 amide bonds.